The molecule has 2 amide bonds. The van der Waals surface area contributed by atoms with Gasteiger partial charge in [0.2, 0.25) is 5.91 Å². The Morgan fingerprint density at radius 1 is 1.16 bits per heavy atom. The van der Waals surface area contributed by atoms with Gasteiger partial charge in [0, 0.05) is 25.6 Å². The molecule has 2 aliphatic heterocycles. The van der Waals surface area contributed by atoms with E-state index < -0.39 is 0 Å². The van der Waals surface area contributed by atoms with Crippen LogP contribution in [0.15, 0.2) is 30.3 Å². The van der Waals surface area contributed by atoms with Crippen molar-refractivity contribution in [1.29, 1.82) is 0 Å². The molecule has 0 aliphatic carbocycles. The van der Waals surface area contributed by atoms with Crippen molar-refractivity contribution in [1.82, 2.24) is 15.5 Å². The number of alkyl carbamates (subject to hydrolysis) is 1. The second-order valence-corrected chi connectivity index (χ2v) is 6.92. The van der Waals surface area contributed by atoms with Gasteiger partial charge in [-0.3, -0.25) is 4.79 Å². The third-order valence-electron chi connectivity index (χ3n) is 5.01. The fourth-order valence-electron chi connectivity index (χ4n) is 3.47. The first-order chi connectivity index (χ1) is 12.2. The summed E-state index contributed by atoms with van der Waals surface area (Å²) in [4.78, 5) is 26.2. The zero-order valence-electron chi connectivity index (χ0n) is 14.6. The Labute approximate surface area is 148 Å². The summed E-state index contributed by atoms with van der Waals surface area (Å²) in [6, 6.07) is 9.72. The Bertz CT molecular complexity index is 565. The van der Waals surface area contributed by atoms with Crippen LogP contribution in [0.4, 0.5) is 4.79 Å². The monoisotopic (exact) mass is 345 g/mol. The topological polar surface area (TPSA) is 70.7 Å². The molecule has 3 rings (SSSR count). The smallest absolute Gasteiger partial charge is 0.407 e. The first-order valence-electron chi connectivity index (χ1n) is 9.16. The summed E-state index contributed by atoms with van der Waals surface area (Å²) in [5, 5.41) is 6.21. The maximum absolute atomic E-state index is 12.3. The molecule has 0 spiro atoms. The van der Waals surface area contributed by atoms with Gasteiger partial charge in [-0.25, -0.2) is 4.79 Å². The van der Waals surface area contributed by atoms with Crippen LogP contribution < -0.4 is 10.6 Å². The number of nitrogens with zero attached hydrogens (tertiary/aromatic N) is 1. The van der Waals surface area contributed by atoms with Crippen molar-refractivity contribution in [2.24, 2.45) is 5.92 Å². The Morgan fingerprint density at radius 2 is 1.92 bits per heavy atom. The third-order valence-corrected chi connectivity index (χ3v) is 5.01. The van der Waals surface area contributed by atoms with E-state index in [0.29, 0.717) is 25.4 Å². The summed E-state index contributed by atoms with van der Waals surface area (Å²) in [5.41, 5.74) is 0.972. The lowest BCUT2D eigenvalue weighted by molar-refractivity contribution is -0.133. The highest BCUT2D eigenvalue weighted by Crippen LogP contribution is 2.17. The van der Waals surface area contributed by atoms with Gasteiger partial charge in [0.15, 0.2) is 0 Å². The highest BCUT2D eigenvalue weighted by molar-refractivity contribution is 5.76. The molecule has 136 valence electrons. The SMILES string of the molecule is O=C(NC1CCN(C(=O)CC2CCNC2)CC1)OCc1ccccc1. The van der Waals surface area contributed by atoms with E-state index >= 15 is 0 Å². The normalized spacial score (nSPS) is 21.1. The molecule has 1 aromatic rings. The summed E-state index contributed by atoms with van der Waals surface area (Å²) >= 11 is 0. The number of hydrogen-bond acceptors (Lipinski definition) is 4. The fraction of sp³-hybridized carbons (Fsp3) is 0.579. The van der Waals surface area contributed by atoms with Crippen molar-refractivity contribution in [3.8, 4) is 0 Å². The van der Waals surface area contributed by atoms with Crippen LogP contribution in [0.2, 0.25) is 0 Å². The first-order valence-corrected chi connectivity index (χ1v) is 9.16. The third kappa shape index (κ3) is 5.46. The van der Waals surface area contributed by atoms with E-state index in [2.05, 4.69) is 10.6 Å². The van der Waals surface area contributed by atoms with Crippen LogP contribution in [0.25, 0.3) is 0 Å². The summed E-state index contributed by atoms with van der Waals surface area (Å²) in [6.45, 7) is 3.68. The van der Waals surface area contributed by atoms with E-state index in [9.17, 15) is 9.59 Å². The lowest BCUT2D eigenvalue weighted by Gasteiger charge is -2.32. The molecule has 6 heteroatoms. The number of piperidine rings is 1. The van der Waals surface area contributed by atoms with E-state index in [1.165, 1.54) is 0 Å². The number of carbonyl (C=O) groups is 2. The largest absolute Gasteiger partial charge is 0.445 e. The second kappa shape index (κ2) is 8.85. The van der Waals surface area contributed by atoms with E-state index in [4.69, 9.17) is 4.74 Å². The maximum atomic E-state index is 12.3. The zero-order valence-corrected chi connectivity index (χ0v) is 14.6. The summed E-state index contributed by atoms with van der Waals surface area (Å²) in [6.07, 6.45) is 2.93. The van der Waals surface area contributed by atoms with Crippen molar-refractivity contribution >= 4 is 12.0 Å². The Hall–Kier alpha value is -2.08. The number of carbonyl (C=O) groups excluding carboxylic acids is 2. The molecule has 0 radical (unpaired) electrons. The molecule has 0 bridgehead atoms. The average molecular weight is 345 g/mol. The lowest BCUT2D eigenvalue weighted by Crippen LogP contribution is -2.47. The molecular formula is C19H27N3O3. The zero-order chi connectivity index (χ0) is 17.5. The van der Waals surface area contributed by atoms with Gasteiger partial charge < -0.3 is 20.3 Å². The summed E-state index contributed by atoms with van der Waals surface area (Å²) < 4.78 is 5.26. The Morgan fingerprint density at radius 3 is 2.60 bits per heavy atom. The maximum Gasteiger partial charge on any atom is 0.407 e. The van der Waals surface area contributed by atoms with Crippen LogP contribution in [-0.2, 0) is 16.1 Å². The molecule has 2 saturated heterocycles. The average Bonchev–Trinajstić information content (AvgIpc) is 3.14. The van der Waals surface area contributed by atoms with Crippen molar-refractivity contribution in [2.45, 2.75) is 38.3 Å². The van der Waals surface area contributed by atoms with Crippen LogP contribution in [-0.4, -0.2) is 49.1 Å². The molecule has 0 saturated carbocycles. The van der Waals surface area contributed by atoms with Gasteiger partial charge >= 0.3 is 6.09 Å². The molecule has 2 heterocycles. The molecule has 25 heavy (non-hydrogen) atoms. The fourth-order valence-corrected chi connectivity index (χ4v) is 3.47. The van der Waals surface area contributed by atoms with Gasteiger partial charge in [-0.15, -0.1) is 0 Å². The number of amides is 2. The number of nitrogens with one attached hydrogen (secondary N) is 2. The number of ether oxygens (including phenoxy) is 1. The quantitative estimate of drug-likeness (QED) is 0.855. The number of hydrogen-bond donors (Lipinski definition) is 2. The minimum Gasteiger partial charge on any atom is -0.445 e. The highest BCUT2D eigenvalue weighted by atomic mass is 16.5. The van der Waals surface area contributed by atoms with Gasteiger partial charge in [0.05, 0.1) is 0 Å². The highest BCUT2D eigenvalue weighted by Gasteiger charge is 2.26. The molecule has 6 nitrogen and oxygen atoms in total. The van der Waals surface area contributed by atoms with Gasteiger partial charge in [-0.1, -0.05) is 30.3 Å². The van der Waals surface area contributed by atoms with Gasteiger partial charge in [-0.05, 0) is 43.8 Å². The van der Waals surface area contributed by atoms with E-state index in [-0.39, 0.29) is 24.6 Å². The van der Waals surface area contributed by atoms with Crippen LogP contribution in [0, 0.1) is 5.92 Å². The second-order valence-electron chi connectivity index (χ2n) is 6.92. The molecule has 1 atom stereocenters. The van der Waals surface area contributed by atoms with E-state index in [1.54, 1.807) is 0 Å². The molecule has 2 aliphatic rings. The minimum absolute atomic E-state index is 0.0838. The number of rotatable bonds is 5. The standard InChI is InChI=1S/C19H27N3O3/c23-18(12-16-6-9-20-13-16)22-10-7-17(8-11-22)21-19(24)25-14-15-4-2-1-3-5-15/h1-5,16-17,20H,6-14H2,(H,21,24). The van der Waals surface area contributed by atoms with Gasteiger partial charge in [0.25, 0.3) is 0 Å². The predicted molar refractivity (Wildman–Crippen MR) is 95.0 cm³/mol. The van der Waals surface area contributed by atoms with Crippen LogP contribution in [0.3, 0.4) is 0 Å². The Balaban J connectivity index is 1.34. The van der Waals surface area contributed by atoms with E-state index in [1.807, 2.05) is 35.2 Å². The minimum atomic E-state index is -0.384. The van der Waals surface area contributed by atoms with Crippen LogP contribution >= 0.6 is 0 Å². The van der Waals surface area contributed by atoms with Crippen molar-refractivity contribution in [3.63, 3.8) is 0 Å². The molecule has 2 N–H and O–H groups in total. The number of likely N-dealkylation sites (tertiary alicyclic amines) is 1. The lowest BCUT2D eigenvalue weighted by atomic mass is 10.0. The Kier molecular flexibility index (Phi) is 6.28. The molecule has 1 aromatic carbocycles. The molecular weight excluding hydrogens is 318 g/mol. The van der Waals surface area contributed by atoms with Crippen molar-refractivity contribution in [2.75, 3.05) is 26.2 Å². The molecule has 0 aromatic heterocycles. The van der Waals surface area contributed by atoms with Gasteiger partial charge in [-0.2, -0.15) is 0 Å². The van der Waals surface area contributed by atoms with Crippen molar-refractivity contribution < 1.29 is 14.3 Å². The van der Waals surface area contributed by atoms with E-state index in [0.717, 1.165) is 37.9 Å². The van der Waals surface area contributed by atoms with Gasteiger partial charge in [0.1, 0.15) is 6.61 Å². The molecule has 2 fully saturated rings. The summed E-state index contributed by atoms with van der Waals surface area (Å²) in [5.74, 6) is 0.732. The van der Waals surface area contributed by atoms with Crippen molar-refractivity contribution in [3.05, 3.63) is 35.9 Å². The molecule has 1 unspecified atom stereocenters. The summed E-state index contributed by atoms with van der Waals surface area (Å²) in [7, 11) is 0. The predicted octanol–water partition coefficient (Wildman–Crippen LogP) is 1.90. The van der Waals surface area contributed by atoms with Crippen LogP contribution in [0.5, 0.6) is 0 Å². The van der Waals surface area contributed by atoms with Crippen LogP contribution in [0.1, 0.15) is 31.2 Å². The first kappa shape index (κ1) is 17.7. The number of benzene rings is 1.